The van der Waals surface area contributed by atoms with Crippen LogP contribution in [0.25, 0.3) is 11.0 Å². The fourth-order valence-electron chi connectivity index (χ4n) is 2.04. The Morgan fingerprint density at radius 3 is 2.79 bits per heavy atom. The van der Waals surface area contributed by atoms with Gasteiger partial charge in [0.25, 0.3) is 0 Å². The Labute approximate surface area is 120 Å². The first-order chi connectivity index (χ1) is 9.31. The van der Waals surface area contributed by atoms with Crippen LogP contribution in [0.2, 0.25) is 0 Å². The molecule has 0 amide bonds. The van der Waals surface area contributed by atoms with Crippen molar-refractivity contribution in [1.29, 1.82) is 0 Å². The van der Waals surface area contributed by atoms with E-state index in [9.17, 15) is 0 Å². The van der Waals surface area contributed by atoms with Gasteiger partial charge in [0.15, 0.2) is 0 Å². The number of aromatic amines is 1. The highest BCUT2D eigenvalue weighted by atomic mass is 79.9. The van der Waals surface area contributed by atoms with Crippen molar-refractivity contribution in [2.75, 3.05) is 11.9 Å². The number of rotatable bonds is 4. The summed E-state index contributed by atoms with van der Waals surface area (Å²) in [7, 11) is 0. The van der Waals surface area contributed by atoms with E-state index in [1.54, 1.807) is 0 Å². The molecule has 3 aromatic rings. The van der Waals surface area contributed by atoms with Crippen molar-refractivity contribution < 1.29 is 0 Å². The highest BCUT2D eigenvalue weighted by Gasteiger charge is 2.02. The average Bonchev–Trinajstić information content (AvgIpc) is 2.82. The van der Waals surface area contributed by atoms with E-state index in [1.807, 2.05) is 24.3 Å². The van der Waals surface area contributed by atoms with Crippen LogP contribution in [0.1, 0.15) is 5.56 Å². The molecule has 0 atom stereocenters. The second-order valence-corrected chi connectivity index (χ2v) is 5.32. The summed E-state index contributed by atoms with van der Waals surface area (Å²) in [6, 6.07) is 16.5. The van der Waals surface area contributed by atoms with Gasteiger partial charge in [-0.05, 0) is 30.2 Å². The van der Waals surface area contributed by atoms with Crippen molar-refractivity contribution in [2.24, 2.45) is 0 Å². The number of imidazole rings is 1. The lowest BCUT2D eigenvalue weighted by Crippen LogP contribution is -2.05. The number of hydrogen-bond donors (Lipinski definition) is 2. The first kappa shape index (κ1) is 12.2. The van der Waals surface area contributed by atoms with Crippen LogP contribution in [-0.2, 0) is 6.42 Å². The number of fused-ring (bicyclic) bond motifs is 1. The molecule has 0 unspecified atom stereocenters. The van der Waals surface area contributed by atoms with E-state index < -0.39 is 0 Å². The number of benzene rings is 2. The summed E-state index contributed by atoms with van der Waals surface area (Å²) < 4.78 is 1.06. The summed E-state index contributed by atoms with van der Waals surface area (Å²) in [5.74, 6) is 0.823. The molecule has 0 aliphatic rings. The number of aromatic nitrogens is 2. The van der Waals surface area contributed by atoms with Gasteiger partial charge >= 0.3 is 0 Å². The third-order valence-corrected chi connectivity index (χ3v) is 3.49. The fraction of sp³-hybridized carbons (Fsp3) is 0.133. The largest absolute Gasteiger partial charge is 0.355 e. The summed E-state index contributed by atoms with van der Waals surface area (Å²) in [5.41, 5.74) is 3.34. The Morgan fingerprint density at radius 1 is 1.11 bits per heavy atom. The molecule has 3 rings (SSSR count). The number of anilines is 1. The SMILES string of the molecule is Brc1ccc2nc(NCCc3ccccc3)[nH]c2c1. The number of halogens is 1. The molecule has 0 aliphatic heterocycles. The number of H-pyrrole nitrogens is 1. The molecule has 4 heteroatoms. The zero-order chi connectivity index (χ0) is 13.1. The Hall–Kier alpha value is -1.81. The molecule has 19 heavy (non-hydrogen) atoms. The lowest BCUT2D eigenvalue weighted by Gasteiger charge is -2.02. The molecule has 0 fully saturated rings. The van der Waals surface area contributed by atoms with E-state index in [-0.39, 0.29) is 0 Å². The van der Waals surface area contributed by atoms with E-state index in [0.29, 0.717) is 0 Å². The monoisotopic (exact) mass is 315 g/mol. The average molecular weight is 316 g/mol. The van der Waals surface area contributed by atoms with Crippen LogP contribution < -0.4 is 5.32 Å². The van der Waals surface area contributed by atoms with E-state index >= 15 is 0 Å². The molecule has 1 heterocycles. The highest BCUT2D eigenvalue weighted by Crippen LogP contribution is 2.19. The highest BCUT2D eigenvalue weighted by molar-refractivity contribution is 9.10. The smallest absolute Gasteiger partial charge is 0.201 e. The van der Waals surface area contributed by atoms with E-state index in [1.165, 1.54) is 5.56 Å². The van der Waals surface area contributed by atoms with Gasteiger partial charge in [-0.15, -0.1) is 0 Å². The van der Waals surface area contributed by atoms with Crippen molar-refractivity contribution in [2.45, 2.75) is 6.42 Å². The molecule has 2 N–H and O–H groups in total. The lowest BCUT2D eigenvalue weighted by atomic mass is 10.1. The molecule has 0 bridgehead atoms. The van der Waals surface area contributed by atoms with Gasteiger partial charge in [-0.2, -0.15) is 0 Å². The van der Waals surface area contributed by atoms with Crippen LogP contribution >= 0.6 is 15.9 Å². The quantitative estimate of drug-likeness (QED) is 0.764. The lowest BCUT2D eigenvalue weighted by molar-refractivity contribution is 1.000. The maximum atomic E-state index is 4.50. The topological polar surface area (TPSA) is 40.7 Å². The Morgan fingerprint density at radius 2 is 1.95 bits per heavy atom. The summed E-state index contributed by atoms with van der Waals surface area (Å²) in [5, 5.41) is 3.32. The van der Waals surface area contributed by atoms with Crippen LogP contribution in [0.15, 0.2) is 53.0 Å². The van der Waals surface area contributed by atoms with Crippen molar-refractivity contribution in [3.05, 3.63) is 58.6 Å². The van der Waals surface area contributed by atoms with Crippen LogP contribution in [0.5, 0.6) is 0 Å². The van der Waals surface area contributed by atoms with Gasteiger partial charge < -0.3 is 10.3 Å². The van der Waals surface area contributed by atoms with E-state index in [2.05, 4.69) is 55.5 Å². The molecule has 0 radical (unpaired) electrons. The summed E-state index contributed by atoms with van der Waals surface area (Å²) in [6.07, 6.45) is 0.988. The van der Waals surface area contributed by atoms with Crippen LogP contribution in [-0.4, -0.2) is 16.5 Å². The zero-order valence-electron chi connectivity index (χ0n) is 10.4. The van der Waals surface area contributed by atoms with Crippen molar-refractivity contribution in [3.8, 4) is 0 Å². The molecule has 3 nitrogen and oxygen atoms in total. The van der Waals surface area contributed by atoms with Crippen molar-refractivity contribution in [1.82, 2.24) is 9.97 Å². The molecule has 0 aliphatic carbocycles. The maximum absolute atomic E-state index is 4.50. The standard InChI is InChI=1S/C15H14BrN3/c16-12-6-7-13-14(10-12)19-15(18-13)17-9-8-11-4-2-1-3-5-11/h1-7,10H,8-9H2,(H2,17,18,19). The Bertz CT molecular complexity index is 676. The molecular formula is C15H14BrN3. The third-order valence-electron chi connectivity index (χ3n) is 2.99. The van der Waals surface area contributed by atoms with Crippen LogP contribution in [0, 0.1) is 0 Å². The minimum atomic E-state index is 0.823. The second kappa shape index (κ2) is 5.45. The Balaban J connectivity index is 1.65. The first-order valence-electron chi connectivity index (χ1n) is 6.24. The number of nitrogens with one attached hydrogen (secondary N) is 2. The molecular weight excluding hydrogens is 302 g/mol. The number of hydrogen-bond acceptors (Lipinski definition) is 2. The minimum absolute atomic E-state index is 0.823. The van der Waals surface area contributed by atoms with Gasteiger partial charge in [0, 0.05) is 11.0 Å². The zero-order valence-corrected chi connectivity index (χ0v) is 11.9. The molecule has 0 saturated carbocycles. The van der Waals surface area contributed by atoms with Gasteiger partial charge in [-0.3, -0.25) is 0 Å². The predicted octanol–water partition coefficient (Wildman–Crippen LogP) is 3.98. The van der Waals surface area contributed by atoms with Crippen molar-refractivity contribution in [3.63, 3.8) is 0 Å². The first-order valence-corrected chi connectivity index (χ1v) is 7.04. The maximum Gasteiger partial charge on any atom is 0.201 e. The fourth-order valence-corrected chi connectivity index (χ4v) is 2.40. The van der Waals surface area contributed by atoms with Gasteiger partial charge in [-0.25, -0.2) is 4.98 Å². The third kappa shape index (κ3) is 2.96. The van der Waals surface area contributed by atoms with Gasteiger partial charge in [-0.1, -0.05) is 46.3 Å². The molecule has 2 aromatic carbocycles. The second-order valence-electron chi connectivity index (χ2n) is 4.41. The van der Waals surface area contributed by atoms with Crippen LogP contribution in [0.4, 0.5) is 5.95 Å². The summed E-state index contributed by atoms with van der Waals surface area (Å²) >= 11 is 3.46. The molecule has 96 valence electrons. The van der Waals surface area contributed by atoms with Crippen molar-refractivity contribution >= 4 is 32.9 Å². The summed E-state index contributed by atoms with van der Waals surface area (Å²) in [6.45, 7) is 0.866. The van der Waals surface area contributed by atoms with E-state index in [4.69, 9.17) is 0 Å². The summed E-state index contributed by atoms with van der Waals surface area (Å²) in [4.78, 5) is 7.77. The molecule has 0 saturated heterocycles. The predicted molar refractivity (Wildman–Crippen MR) is 82.4 cm³/mol. The Kier molecular flexibility index (Phi) is 3.51. The number of nitrogens with zero attached hydrogens (tertiary/aromatic N) is 1. The normalized spacial score (nSPS) is 10.8. The molecule has 0 spiro atoms. The minimum Gasteiger partial charge on any atom is -0.355 e. The van der Waals surface area contributed by atoms with Gasteiger partial charge in [0.1, 0.15) is 0 Å². The molecule has 1 aromatic heterocycles. The van der Waals surface area contributed by atoms with Gasteiger partial charge in [0.2, 0.25) is 5.95 Å². The van der Waals surface area contributed by atoms with Crippen LogP contribution in [0.3, 0.4) is 0 Å². The van der Waals surface area contributed by atoms with E-state index in [0.717, 1.165) is 34.4 Å². The van der Waals surface area contributed by atoms with Gasteiger partial charge in [0.05, 0.1) is 11.0 Å².